The zero-order chi connectivity index (χ0) is 19.7. The normalized spacial score (nSPS) is 14.0. The van der Waals surface area contributed by atoms with Crippen LogP contribution < -0.4 is 9.47 Å². The first-order valence-electron chi connectivity index (χ1n) is 9.39. The second-order valence-electron chi connectivity index (χ2n) is 7.96. The average molecular weight is 382 g/mol. The molecule has 1 rings (SSSR count). The molecule has 0 aliphatic rings. The van der Waals surface area contributed by atoms with Crippen molar-refractivity contribution in [3.05, 3.63) is 23.8 Å². The predicted octanol–water partition coefficient (Wildman–Crippen LogP) is 6.13. The summed E-state index contributed by atoms with van der Waals surface area (Å²) in [7, 11) is 1.91. The fraction of sp³-hybridized carbons (Fsp3) is 0.667. The van der Waals surface area contributed by atoms with Crippen LogP contribution in [0.4, 0.5) is 0 Å². The van der Waals surface area contributed by atoms with E-state index in [0.717, 1.165) is 25.4 Å². The molecule has 0 N–H and O–H groups in total. The maximum Gasteiger partial charge on any atom is 0.218 e. The van der Waals surface area contributed by atoms with E-state index in [1.807, 2.05) is 6.07 Å². The van der Waals surface area contributed by atoms with Gasteiger partial charge in [0.1, 0.15) is 25.2 Å². The highest BCUT2D eigenvalue weighted by Crippen LogP contribution is 2.48. The summed E-state index contributed by atoms with van der Waals surface area (Å²) in [4.78, 5) is 13.3. The Morgan fingerprint density at radius 1 is 1.15 bits per heavy atom. The molecular formula is C21H35O4P. The number of ether oxygens (including phenoxy) is 2. The van der Waals surface area contributed by atoms with Gasteiger partial charge in [-0.05, 0) is 36.3 Å². The predicted molar refractivity (Wildman–Crippen MR) is 110 cm³/mol. The Morgan fingerprint density at radius 3 is 2.19 bits per heavy atom. The first-order chi connectivity index (χ1) is 12.2. The summed E-state index contributed by atoms with van der Waals surface area (Å²) in [5.41, 5.74) is 0.740. The number of methoxy groups -OCH3 is 2. The van der Waals surface area contributed by atoms with E-state index in [1.165, 1.54) is 0 Å². The lowest BCUT2D eigenvalue weighted by atomic mass is 9.86. The van der Waals surface area contributed by atoms with Crippen molar-refractivity contribution in [1.29, 1.82) is 0 Å². The Labute approximate surface area is 160 Å². The van der Waals surface area contributed by atoms with Gasteiger partial charge in [0.25, 0.3) is 0 Å². The van der Waals surface area contributed by atoms with Gasteiger partial charge < -0.3 is 14.0 Å². The Kier molecular flexibility index (Phi) is 9.60. The number of hydrogen-bond donors (Lipinski definition) is 0. The monoisotopic (exact) mass is 382 g/mol. The number of unbranched alkanes of at least 4 members (excludes halogenated alkanes) is 1. The van der Waals surface area contributed by atoms with E-state index in [9.17, 15) is 4.79 Å². The van der Waals surface area contributed by atoms with E-state index >= 15 is 0 Å². The molecule has 0 fully saturated rings. The minimum Gasteiger partial charge on any atom is -0.496 e. The summed E-state index contributed by atoms with van der Waals surface area (Å²) in [5.74, 6) is 1.50. The van der Waals surface area contributed by atoms with Crippen LogP contribution in [0.5, 0.6) is 11.5 Å². The van der Waals surface area contributed by atoms with Gasteiger partial charge in [0.15, 0.2) is 0 Å². The van der Waals surface area contributed by atoms with Crippen molar-refractivity contribution in [2.45, 2.75) is 53.9 Å². The lowest BCUT2D eigenvalue weighted by Crippen LogP contribution is -2.16. The van der Waals surface area contributed by atoms with E-state index < -0.39 is 8.15 Å². The van der Waals surface area contributed by atoms with Crippen molar-refractivity contribution in [2.24, 2.45) is 11.3 Å². The molecule has 0 aromatic heterocycles. The lowest BCUT2D eigenvalue weighted by Gasteiger charge is -2.26. The first-order valence-corrected chi connectivity index (χ1v) is 10.8. The fourth-order valence-corrected chi connectivity index (χ4v) is 5.00. The minimum atomic E-state index is -1.24. The zero-order valence-electron chi connectivity index (χ0n) is 17.4. The molecule has 0 aliphatic carbocycles. The summed E-state index contributed by atoms with van der Waals surface area (Å²) in [6.45, 7) is 11.6. The maximum absolute atomic E-state index is 13.3. The number of hydrogen-bond acceptors (Lipinski definition) is 4. The third kappa shape index (κ3) is 7.25. The van der Waals surface area contributed by atoms with Gasteiger partial charge in [0.05, 0.1) is 20.8 Å². The van der Waals surface area contributed by atoms with Gasteiger partial charge in [0.2, 0.25) is 5.52 Å². The zero-order valence-corrected chi connectivity index (χ0v) is 18.3. The van der Waals surface area contributed by atoms with E-state index in [-0.39, 0.29) is 10.9 Å². The van der Waals surface area contributed by atoms with Crippen LogP contribution in [0.25, 0.3) is 0 Å². The molecule has 5 heteroatoms. The quantitative estimate of drug-likeness (QED) is 0.341. The second-order valence-corrected chi connectivity index (χ2v) is 9.75. The second kappa shape index (κ2) is 10.9. The molecule has 1 aromatic rings. The number of carbonyl (C=O) groups is 1. The Balaban J connectivity index is 3.07. The highest BCUT2D eigenvalue weighted by Gasteiger charge is 2.30. The van der Waals surface area contributed by atoms with Crippen LogP contribution in [0, 0.1) is 11.3 Å². The molecule has 148 valence electrons. The molecule has 0 heterocycles. The van der Waals surface area contributed by atoms with Gasteiger partial charge in [-0.25, -0.2) is 0 Å². The Morgan fingerprint density at radius 2 is 1.73 bits per heavy atom. The van der Waals surface area contributed by atoms with Gasteiger partial charge in [-0.1, -0.05) is 47.1 Å². The van der Waals surface area contributed by atoms with Crippen LogP contribution >= 0.6 is 8.15 Å². The van der Waals surface area contributed by atoms with E-state index in [4.69, 9.17) is 14.0 Å². The van der Waals surface area contributed by atoms with Crippen LogP contribution in [0.3, 0.4) is 0 Å². The van der Waals surface area contributed by atoms with Crippen LogP contribution in [-0.2, 0) is 4.52 Å². The largest absolute Gasteiger partial charge is 0.496 e. The lowest BCUT2D eigenvalue weighted by molar-refractivity contribution is 0.105. The molecule has 2 atom stereocenters. The summed E-state index contributed by atoms with van der Waals surface area (Å²) < 4.78 is 16.9. The smallest absolute Gasteiger partial charge is 0.218 e. The van der Waals surface area contributed by atoms with Crippen molar-refractivity contribution >= 4 is 13.7 Å². The van der Waals surface area contributed by atoms with Crippen molar-refractivity contribution in [3.63, 3.8) is 0 Å². The van der Waals surface area contributed by atoms with Crippen LogP contribution in [0.15, 0.2) is 18.2 Å². The molecule has 0 saturated heterocycles. The van der Waals surface area contributed by atoms with E-state index in [1.54, 1.807) is 26.4 Å². The van der Waals surface area contributed by atoms with Crippen LogP contribution in [0.1, 0.15) is 64.2 Å². The first kappa shape index (κ1) is 22.9. The third-order valence-corrected chi connectivity index (χ3v) is 6.18. The molecular weight excluding hydrogens is 347 g/mol. The highest BCUT2D eigenvalue weighted by molar-refractivity contribution is 7.71. The summed E-state index contributed by atoms with van der Waals surface area (Å²) in [5, 5.41) is 0. The van der Waals surface area contributed by atoms with Crippen molar-refractivity contribution in [3.8, 4) is 11.5 Å². The Hall–Kier alpha value is -1.12. The number of benzene rings is 1. The van der Waals surface area contributed by atoms with Crippen molar-refractivity contribution < 1.29 is 18.8 Å². The van der Waals surface area contributed by atoms with Gasteiger partial charge in [0, 0.05) is 6.16 Å². The van der Waals surface area contributed by atoms with E-state index in [2.05, 4.69) is 34.6 Å². The third-order valence-electron chi connectivity index (χ3n) is 4.05. The molecule has 4 nitrogen and oxygen atoms in total. The number of carbonyl (C=O) groups excluding carboxylic acids is 1. The molecule has 0 aliphatic heterocycles. The summed E-state index contributed by atoms with van der Waals surface area (Å²) in [6, 6.07) is 5.43. The average Bonchev–Trinajstić information content (AvgIpc) is 2.58. The standard InChI is InChI=1S/C21H35O4P/c1-8-9-13-25-26(15-16(2)14-21(3,4)5)20(22)19-17(23-6)11-10-12-18(19)24-7/h10-12,16H,8-9,13-15H2,1-7H3. The van der Waals surface area contributed by atoms with Crippen molar-refractivity contribution in [2.75, 3.05) is 27.0 Å². The van der Waals surface area contributed by atoms with Crippen LogP contribution in [-0.4, -0.2) is 32.5 Å². The molecule has 0 amide bonds. The van der Waals surface area contributed by atoms with Gasteiger partial charge in [-0.3, -0.25) is 4.79 Å². The molecule has 0 spiro atoms. The molecule has 26 heavy (non-hydrogen) atoms. The van der Waals surface area contributed by atoms with Gasteiger partial charge in [-0.2, -0.15) is 0 Å². The maximum atomic E-state index is 13.3. The van der Waals surface area contributed by atoms with Crippen molar-refractivity contribution in [1.82, 2.24) is 0 Å². The topological polar surface area (TPSA) is 44.8 Å². The SMILES string of the molecule is CCCCOP(CC(C)CC(C)(C)C)C(=O)c1c(OC)cccc1OC. The summed E-state index contributed by atoms with van der Waals surface area (Å²) in [6.07, 6.45) is 3.82. The number of rotatable bonds is 11. The molecule has 0 saturated carbocycles. The van der Waals surface area contributed by atoms with Gasteiger partial charge in [-0.15, -0.1) is 0 Å². The molecule has 2 unspecified atom stereocenters. The molecule has 0 bridgehead atoms. The Bertz CT molecular complexity index is 543. The highest BCUT2D eigenvalue weighted by atomic mass is 31.1. The molecule has 0 radical (unpaired) electrons. The fourth-order valence-electron chi connectivity index (χ4n) is 3.09. The minimum absolute atomic E-state index is 0.00571. The van der Waals surface area contributed by atoms with E-state index in [0.29, 0.717) is 29.6 Å². The van der Waals surface area contributed by atoms with Crippen LogP contribution in [0.2, 0.25) is 0 Å². The van der Waals surface area contributed by atoms with Gasteiger partial charge >= 0.3 is 0 Å². The summed E-state index contributed by atoms with van der Waals surface area (Å²) >= 11 is 0. The molecule has 1 aromatic carbocycles.